The van der Waals surface area contributed by atoms with Crippen molar-refractivity contribution in [2.45, 2.75) is 66.5 Å². The molecule has 0 atom stereocenters. The molecule has 0 saturated carbocycles. The zero-order valence-corrected chi connectivity index (χ0v) is 30.5. The third-order valence-electron chi connectivity index (χ3n) is 8.85. The van der Waals surface area contributed by atoms with E-state index in [4.69, 9.17) is 4.98 Å². The number of benzene rings is 3. The van der Waals surface area contributed by atoms with Crippen LogP contribution in [0.1, 0.15) is 53.4 Å². The van der Waals surface area contributed by atoms with Gasteiger partial charge in [-0.25, -0.2) is 0 Å². The van der Waals surface area contributed by atoms with Gasteiger partial charge in [-0.15, -0.1) is 0 Å². The number of ketones is 1. The molecule has 3 aromatic carbocycles. The quantitative estimate of drug-likeness (QED) is 0.0904. The molecule has 42 heavy (non-hydrogen) atoms. The molecule has 0 unspecified atom stereocenters. The van der Waals surface area contributed by atoms with Crippen LogP contribution in [-0.4, -0.2) is 38.9 Å². The first-order valence-electron chi connectivity index (χ1n) is 15.0. The largest absolute Gasteiger partial charge is 0 e. The molecule has 0 spiro atoms. The molecular formula is C36H40IrNO2SeSi-. The molecule has 6 rings (SSSR count). The number of nitrogens with zero attached hydrogens (tertiary/aromatic N) is 1. The van der Waals surface area contributed by atoms with Crippen molar-refractivity contribution in [1.82, 2.24) is 4.98 Å². The summed E-state index contributed by atoms with van der Waals surface area (Å²) < 4.78 is 2.88. The van der Waals surface area contributed by atoms with Gasteiger partial charge in [0.05, 0.1) is 5.76 Å². The summed E-state index contributed by atoms with van der Waals surface area (Å²) in [6.45, 7) is 13.0. The topological polar surface area (TPSA) is 50.2 Å². The third kappa shape index (κ3) is 5.90. The summed E-state index contributed by atoms with van der Waals surface area (Å²) in [5.74, 6) is 0.547. The van der Waals surface area contributed by atoms with E-state index < -0.39 is 8.07 Å². The number of aliphatic hydroxyl groups is 1. The zero-order chi connectivity index (χ0) is 29.3. The van der Waals surface area contributed by atoms with Gasteiger partial charge in [-0.2, -0.15) is 0 Å². The van der Waals surface area contributed by atoms with Crippen molar-refractivity contribution in [2.24, 2.45) is 11.8 Å². The van der Waals surface area contributed by atoms with Crippen LogP contribution >= 0.6 is 0 Å². The Kier molecular flexibility index (Phi) is 10.5. The molecule has 2 aliphatic heterocycles. The predicted octanol–water partition coefficient (Wildman–Crippen LogP) is 6.34. The molecule has 0 bridgehead atoms. The van der Waals surface area contributed by atoms with Crippen molar-refractivity contribution in [1.29, 1.82) is 0 Å². The maximum atomic E-state index is 11.7. The van der Waals surface area contributed by atoms with Crippen molar-refractivity contribution in [3.05, 3.63) is 78.6 Å². The molecule has 221 valence electrons. The molecule has 1 aromatic heterocycles. The number of hydrogen-bond acceptors (Lipinski definition) is 3. The molecule has 3 nitrogen and oxygen atoms in total. The zero-order valence-electron chi connectivity index (χ0n) is 25.4. The molecule has 0 aliphatic carbocycles. The third-order valence-corrected chi connectivity index (χ3v) is 14.7. The van der Waals surface area contributed by atoms with Crippen LogP contribution in [0.25, 0.3) is 33.3 Å². The second-order valence-electron chi connectivity index (χ2n) is 11.6. The Hall–Kier alpha value is -2.33. The Morgan fingerprint density at radius 1 is 0.905 bits per heavy atom. The molecule has 6 heteroatoms. The average Bonchev–Trinajstić information content (AvgIpc) is 3.12. The molecular weight excluding hydrogens is 778 g/mol. The second-order valence-corrected chi connectivity index (χ2v) is 18.2. The van der Waals surface area contributed by atoms with Crippen LogP contribution in [0.5, 0.6) is 0 Å². The first kappa shape index (κ1) is 32.6. The molecule has 3 heterocycles. The number of rotatable bonds is 7. The van der Waals surface area contributed by atoms with Gasteiger partial charge in [-0.1, -0.05) is 27.7 Å². The molecule has 0 saturated heterocycles. The van der Waals surface area contributed by atoms with Crippen LogP contribution < -0.4 is 19.3 Å². The molecule has 2 aliphatic rings. The van der Waals surface area contributed by atoms with Crippen molar-refractivity contribution in [2.75, 3.05) is 0 Å². The SMILES string of the molecule is CCC(CC)C(=O)/C=C(\O)C(CC)CC.C[Si]1(C)c2cc[c-]c3c2-c2c(cccc21)[Se]c1cc2ccccc2nc1-3.[Ir]. The van der Waals surface area contributed by atoms with Crippen LogP contribution in [-0.2, 0) is 24.9 Å². The van der Waals surface area contributed by atoms with Crippen molar-refractivity contribution < 1.29 is 30.0 Å². The normalized spacial score (nSPS) is 14.0. The van der Waals surface area contributed by atoms with E-state index in [2.05, 4.69) is 79.8 Å². The monoisotopic (exact) mass is 819 g/mol. The Labute approximate surface area is 271 Å². The van der Waals surface area contributed by atoms with Crippen molar-refractivity contribution >= 4 is 59.0 Å². The molecule has 1 radical (unpaired) electrons. The van der Waals surface area contributed by atoms with Gasteiger partial charge in [0.2, 0.25) is 0 Å². The van der Waals surface area contributed by atoms with Crippen LogP contribution in [0.3, 0.4) is 0 Å². The molecule has 1 N–H and O–H groups in total. The summed E-state index contributed by atoms with van der Waals surface area (Å²) in [5, 5.41) is 14.1. The van der Waals surface area contributed by atoms with Gasteiger partial charge < -0.3 is 5.11 Å². The Morgan fingerprint density at radius 3 is 2.26 bits per heavy atom. The van der Waals surface area contributed by atoms with Crippen LogP contribution in [0.15, 0.2) is 72.5 Å². The molecule has 0 fully saturated rings. The fourth-order valence-corrected chi connectivity index (χ4v) is 11.9. The fraction of sp³-hybridized carbons (Fsp3) is 0.333. The number of allylic oxidation sites excluding steroid dienone is 2. The van der Waals surface area contributed by atoms with Crippen LogP contribution in [0.4, 0.5) is 0 Å². The molecule has 4 aromatic rings. The van der Waals surface area contributed by atoms with Crippen molar-refractivity contribution in [3.8, 4) is 22.4 Å². The fourth-order valence-electron chi connectivity index (χ4n) is 6.26. The Balaban J connectivity index is 0.000000221. The minimum atomic E-state index is -1.64. The first-order valence-corrected chi connectivity index (χ1v) is 19.7. The van der Waals surface area contributed by atoms with E-state index in [1.165, 1.54) is 37.1 Å². The standard InChI is InChI=1S/C23H16NSeSi.C13H24O2.Ir/c1-26(2)19-11-5-8-15-21(19)22-17(10-6-12-20(22)26)25-18-13-14-7-3-4-9-16(14)24-23(15)18;1-5-10(6-2)12(14)9-13(15)11(7-3)8-4;/h3-7,9-13H,1-2H3;9-11,14H,5-8H2,1-4H3;/q-1;;/b;12-9-;. The van der Waals surface area contributed by atoms with E-state index in [-0.39, 0.29) is 58.4 Å². The van der Waals surface area contributed by atoms with E-state index in [9.17, 15) is 9.90 Å². The number of carbonyl (C=O) groups is 1. The van der Waals surface area contributed by atoms with Gasteiger partial charge in [0.25, 0.3) is 0 Å². The van der Waals surface area contributed by atoms with Gasteiger partial charge in [0.1, 0.15) is 0 Å². The summed E-state index contributed by atoms with van der Waals surface area (Å²) in [6.07, 6.45) is 4.91. The Morgan fingerprint density at radius 2 is 1.57 bits per heavy atom. The predicted molar refractivity (Wildman–Crippen MR) is 177 cm³/mol. The maximum absolute atomic E-state index is 11.7. The number of carbonyl (C=O) groups excluding carboxylic acids is 1. The van der Waals surface area contributed by atoms with Crippen LogP contribution in [0.2, 0.25) is 13.1 Å². The van der Waals surface area contributed by atoms with E-state index in [1.54, 1.807) is 10.4 Å². The average molecular weight is 818 g/mol. The maximum Gasteiger partial charge on any atom is 0 e. The summed E-state index contributed by atoms with van der Waals surface area (Å²) in [4.78, 5) is 16.8. The van der Waals surface area contributed by atoms with E-state index in [0.29, 0.717) is 0 Å². The number of pyridine rings is 1. The number of hydrogen-bond donors (Lipinski definition) is 1. The van der Waals surface area contributed by atoms with Gasteiger partial charge in [-0.3, -0.25) is 4.79 Å². The van der Waals surface area contributed by atoms with Crippen molar-refractivity contribution in [3.63, 3.8) is 0 Å². The number of fused-ring (bicyclic) bond motifs is 3. The summed E-state index contributed by atoms with van der Waals surface area (Å²) in [5.41, 5.74) is 6.38. The van der Waals surface area contributed by atoms with Gasteiger partial charge in [0, 0.05) is 38.0 Å². The van der Waals surface area contributed by atoms with Gasteiger partial charge in [-0.05, 0) is 25.7 Å². The van der Waals surface area contributed by atoms with Crippen LogP contribution in [0, 0.1) is 17.9 Å². The van der Waals surface area contributed by atoms with E-state index in [1.807, 2.05) is 27.7 Å². The first-order chi connectivity index (χ1) is 19.7. The number of aliphatic hydroxyl groups excluding tert-OH is 1. The van der Waals surface area contributed by atoms with Gasteiger partial charge >= 0.3 is 160 Å². The van der Waals surface area contributed by atoms with Gasteiger partial charge in [0.15, 0.2) is 5.78 Å². The van der Waals surface area contributed by atoms with E-state index >= 15 is 0 Å². The smallest absolute Gasteiger partial charge is 0 e. The minimum Gasteiger partial charge on any atom is 0 e. The minimum absolute atomic E-state index is 0. The summed E-state index contributed by atoms with van der Waals surface area (Å²) >= 11 is 0.261. The summed E-state index contributed by atoms with van der Waals surface area (Å²) in [7, 11) is -1.64. The second kappa shape index (κ2) is 13.5. The Bertz CT molecular complexity index is 1640. The molecule has 0 amide bonds. The summed E-state index contributed by atoms with van der Waals surface area (Å²) in [6, 6.07) is 25.8. The number of aromatic nitrogens is 1. The van der Waals surface area contributed by atoms with E-state index in [0.717, 1.165) is 36.9 Å². The number of para-hydroxylation sites is 1.